The number of fused-ring (bicyclic) bond motifs is 1. The summed E-state index contributed by atoms with van der Waals surface area (Å²) in [6.45, 7) is 9.80. The van der Waals surface area contributed by atoms with Crippen LogP contribution in [0.25, 0.3) is 0 Å². The summed E-state index contributed by atoms with van der Waals surface area (Å²) < 4.78 is 0. The van der Waals surface area contributed by atoms with Gasteiger partial charge in [-0.2, -0.15) is 0 Å². The Bertz CT molecular complexity index is 488. The Morgan fingerprint density at radius 1 is 1.40 bits per heavy atom. The van der Waals surface area contributed by atoms with E-state index in [2.05, 4.69) is 50.5 Å². The number of carbonyl (C=O) groups is 1. The lowest BCUT2D eigenvalue weighted by Gasteiger charge is -2.22. The standard InChI is InChI=1S/C17H26N2O/c1-12(11-17(2,3)4)9-16(20)19-14-5-6-15-13(10-14)7-8-18-15/h5-6,10,12,18H,7-9,11H2,1-4H3,(H,19,20). The summed E-state index contributed by atoms with van der Waals surface area (Å²) in [5.74, 6) is 0.527. The van der Waals surface area contributed by atoms with Gasteiger partial charge in [-0.05, 0) is 47.9 Å². The quantitative estimate of drug-likeness (QED) is 0.869. The first-order valence-corrected chi connectivity index (χ1v) is 7.50. The van der Waals surface area contributed by atoms with Crippen LogP contribution in [0.15, 0.2) is 18.2 Å². The van der Waals surface area contributed by atoms with Gasteiger partial charge in [-0.1, -0.05) is 27.7 Å². The Morgan fingerprint density at radius 2 is 2.15 bits per heavy atom. The van der Waals surface area contributed by atoms with Crippen molar-refractivity contribution >= 4 is 17.3 Å². The van der Waals surface area contributed by atoms with E-state index in [1.807, 2.05) is 6.07 Å². The maximum absolute atomic E-state index is 12.1. The molecule has 1 aromatic rings. The molecule has 2 rings (SSSR count). The van der Waals surface area contributed by atoms with Crippen LogP contribution in [-0.2, 0) is 11.2 Å². The third kappa shape index (κ3) is 4.26. The molecule has 0 fully saturated rings. The largest absolute Gasteiger partial charge is 0.384 e. The molecular formula is C17H26N2O. The second-order valence-electron chi connectivity index (χ2n) is 7.17. The van der Waals surface area contributed by atoms with Gasteiger partial charge in [0.15, 0.2) is 0 Å². The highest BCUT2D eigenvalue weighted by molar-refractivity contribution is 5.91. The normalized spacial score (nSPS) is 15.4. The van der Waals surface area contributed by atoms with Gasteiger partial charge in [-0.15, -0.1) is 0 Å². The van der Waals surface area contributed by atoms with Crippen LogP contribution in [0.4, 0.5) is 11.4 Å². The zero-order chi connectivity index (χ0) is 14.8. The molecule has 1 aliphatic rings. The van der Waals surface area contributed by atoms with Gasteiger partial charge in [-0.25, -0.2) is 0 Å². The first kappa shape index (κ1) is 14.9. The molecule has 0 radical (unpaired) electrons. The molecule has 1 amide bonds. The summed E-state index contributed by atoms with van der Waals surface area (Å²) in [7, 11) is 0. The molecule has 1 unspecified atom stereocenters. The van der Waals surface area contributed by atoms with Gasteiger partial charge in [0.05, 0.1) is 0 Å². The monoisotopic (exact) mass is 274 g/mol. The predicted octanol–water partition coefficient (Wildman–Crippen LogP) is 4.06. The molecule has 1 atom stereocenters. The van der Waals surface area contributed by atoms with Crippen LogP contribution in [-0.4, -0.2) is 12.5 Å². The minimum atomic E-state index is 0.118. The van der Waals surface area contributed by atoms with Gasteiger partial charge in [0.1, 0.15) is 0 Å². The van der Waals surface area contributed by atoms with Gasteiger partial charge < -0.3 is 10.6 Å². The zero-order valence-electron chi connectivity index (χ0n) is 13.0. The van der Waals surface area contributed by atoms with Crippen LogP contribution in [0.3, 0.4) is 0 Å². The summed E-state index contributed by atoms with van der Waals surface area (Å²) >= 11 is 0. The minimum Gasteiger partial charge on any atom is -0.384 e. The van der Waals surface area contributed by atoms with Crippen LogP contribution in [0.2, 0.25) is 0 Å². The first-order chi connectivity index (χ1) is 9.33. The van der Waals surface area contributed by atoms with E-state index < -0.39 is 0 Å². The third-order valence-electron chi connectivity index (χ3n) is 3.59. The van der Waals surface area contributed by atoms with E-state index in [-0.39, 0.29) is 11.3 Å². The maximum Gasteiger partial charge on any atom is 0.224 e. The molecule has 3 nitrogen and oxygen atoms in total. The molecule has 0 aromatic heterocycles. The van der Waals surface area contributed by atoms with Crippen LogP contribution < -0.4 is 10.6 Å². The van der Waals surface area contributed by atoms with Crippen LogP contribution >= 0.6 is 0 Å². The second-order valence-corrected chi connectivity index (χ2v) is 7.17. The van der Waals surface area contributed by atoms with Gasteiger partial charge >= 0.3 is 0 Å². The molecule has 1 heterocycles. The van der Waals surface area contributed by atoms with Gasteiger partial charge in [-0.3, -0.25) is 4.79 Å². The van der Waals surface area contributed by atoms with E-state index in [1.54, 1.807) is 0 Å². The minimum absolute atomic E-state index is 0.118. The summed E-state index contributed by atoms with van der Waals surface area (Å²) in [5, 5.41) is 6.35. The number of hydrogen-bond donors (Lipinski definition) is 2. The van der Waals surface area contributed by atoms with E-state index in [9.17, 15) is 4.79 Å². The number of amides is 1. The maximum atomic E-state index is 12.1. The molecule has 1 aromatic carbocycles. The molecule has 0 bridgehead atoms. The molecule has 2 N–H and O–H groups in total. The molecule has 0 aliphatic carbocycles. The van der Waals surface area contributed by atoms with E-state index in [0.717, 1.165) is 25.1 Å². The van der Waals surface area contributed by atoms with E-state index in [0.29, 0.717) is 12.3 Å². The van der Waals surface area contributed by atoms with Crippen molar-refractivity contribution in [3.63, 3.8) is 0 Å². The van der Waals surface area contributed by atoms with Crippen molar-refractivity contribution in [2.24, 2.45) is 11.3 Å². The number of nitrogens with one attached hydrogen (secondary N) is 2. The lowest BCUT2D eigenvalue weighted by Crippen LogP contribution is -2.18. The lowest BCUT2D eigenvalue weighted by molar-refractivity contribution is -0.117. The Hall–Kier alpha value is -1.51. The number of hydrogen-bond acceptors (Lipinski definition) is 2. The van der Waals surface area contributed by atoms with Gasteiger partial charge in [0, 0.05) is 24.3 Å². The summed E-state index contributed by atoms with van der Waals surface area (Å²) in [5.41, 5.74) is 3.69. The smallest absolute Gasteiger partial charge is 0.224 e. The number of benzene rings is 1. The molecular weight excluding hydrogens is 248 g/mol. The molecule has 1 aliphatic heterocycles. The van der Waals surface area contributed by atoms with Crippen molar-refractivity contribution < 1.29 is 4.79 Å². The Kier molecular flexibility index (Phi) is 4.36. The average Bonchev–Trinajstić information content (AvgIpc) is 2.72. The van der Waals surface area contributed by atoms with Crippen molar-refractivity contribution in [1.82, 2.24) is 0 Å². The molecule has 0 saturated carbocycles. The predicted molar refractivity (Wildman–Crippen MR) is 85.1 cm³/mol. The molecule has 110 valence electrons. The van der Waals surface area contributed by atoms with Crippen molar-refractivity contribution in [1.29, 1.82) is 0 Å². The number of carbonyl (C=O) groups excluding carboxylic acids is 1. The van der Waals surface area contributed by atoms with Crippen LogP contribution in [0, 0.1) is 11.3 Å². The fourth-order valence-electron chi connectivity index (χ4n) is 3.03. The summed E-state index contributed by atoms with van der Waals surface area (Å²) in [6, 6.07) is 6.11. The van der Waals surface area contributed by atoms with Gasteiger partial charge in [0.25, 0.3) is 0 Å². The summed E-state index contributed by atoms with van der Waals surface area (Å²) in [4.78, 5) is 12.1. The average molecular weight is 274 g/mol. The topological polar surface area (TPSA) is 41.1 Å². The Balaban J connectivity index is 1.88. The molecule has 0 saturated heterocycles. The highest BCUT2D eigenvalue weighted by atomic mass is 16.1. The highest BCUT2D eigenvalue weighted by Gasteiger charge is 2.18. The highest BCUT2D eigenvalue weighted by Crippen LogP contribution is 2.27. The Labute approximate surface area is 122 Å². The van der Waals surface area contributed by atoms with E-state index in [4.69, 9.17) is 0 Å². The van der Waals surface area contributed by atoms with Crippen LogP contribution in [0.5, 0.6) is 0 Å². The Morgan fingerprint density at radius 3 is 2.85 bits per heavy atom. The van der Waals surface area contributed by atoms with Crippen molar-refractivity contribution in [3.8, 4) is 0 Å². The third-order valence-corrected chi connectivity index (χ3v) is 3.59. The number of rotatable bonds is 4. The van der Waals surface area contributed by atoms with Crippen molar-refractivity contribution in [2.45, 2.75) is 47.0 Å². The summed E-state index contributed by atoms with van der Waals surface area (Å²) in [6.07, 6.45) is 2.70. The molecule has 3 heteroatoms. The van der Waals surface area contributed by atoms with E-state index >= 15 is 0 Å². The zero-order valence-corrected chi connectivity index (χ0v) is 13.0. The molecule has 0 spiro atoms. The fourth-order valence-corrected chi connectivity index (χ4v) is 3.03. The van der Waals surface area contributed by atoms with Crippen LogP contribution in [0.1, 0.15) is 46.1 Å². The van der Waals surface area contributed by atoms with Crippen molar-refractivity contribution in [3.05, 3.63) is 23.8 Å². The van der Waals surface area contributed by atoms with Crippen molar-refractivity contribution in [2.75, 3.05) is 17.2 Å². The fraction of sp³-hybridized carbons (Fsp3) is 0.588. The second kappa shape index (κ2) is 5.86. The molecule has 20 heavy (non-hydrogen) atoms. The van der Waals surface area contributed by atoms with E-state index in [1.165, 1.54) is 11.3 Å². The first-order valence-electron chi connectivity index (χ1n) is 7.50. The lowest BCUT2D eigenvalue weighted by atomic mass is 9.84. The SMILES string of the molecule is CC(CC(=O)Nc1ccc2c(c1)CCN2)CC(C)(C)C. The number of anilines is 2. The van der Waals surface area contributed by atoms with Gasteiger partial charge in [0.2, 0.25) is 5.91 Å².